The van der Waals surface area contributed by atoms with Gasteiger partial charge in [0.15, 0.2) is 14.7 Å². The topological polar surface area (TPSA) is 99.5 Å². The van der Waals surface area contributed by atoms with Gasteiger partial charge in [0.25, 0.3) is 0 Å². The van der Waals surface area contributed by atoms with E-state index in [2.05, 4.69) is 5.32 Å². The van der Waals surface area contributed by atoms with Crippen molar-refractivity contribution in [3.05, 3.63) is 11.1 Å². The molecule has 124 valence electrons. The summed E-state index contributed by atoms with van der Waals surface area (Å²) < 4.78 is 28.8. The number of rotatable bonds is 5. The molecule has 0 unspecified atom stereocenters. The average Bonchev–Trinajstić information content (AvgIpc) is 2.48. The second-order valence-electron chi connectivity index (χ2n) is 5.34. The fraction of sp³-hybridized carbons (Fsp3) is 0.714. The van der Waals surface area contributed by atoms with E-state index in [9.17, 15) is 13.2 Å². The van der Waals surface area contributed by atoms with Crippen LogP contribution >= 0.6 is 0 Å². The van der Waals surface area contributed by atoms with E-state index in [1.54, 1.807) is 31.7 Å². The lowest BCUT2D eigenvalue weighted by molar-refractivity contribution is 0.0960. The van der Waals surface area contributed by atoms with Gasteiger partial charge in [-0.15, -0.1) is 0 Å². The van der Waals surface area contributed by atoms with Gasteiger partial charge >= 0.3 is 6.09 Å². The molecule has 0 aromatic heterocycles. The lowest BCUT2D eigenvalue weighted by Gasteiger charge is -2.31. The number of hydrogen-bond donors (Lipinski definition) is 1. The van der Waals surface area contributed by atoms with Gasteiger partial charge < -0.3 is 15.0 Å². The summed E-state index contributed by atoms with van der Waals surface area (Å²) in [6.07, 6.45) is 2.31. The molecule has 0 saturated carbocycles. The second kappa shape index (κ2) is 8.03. The van der Waals surface area contributed by atoms with E-state index in [1.165, 1.54) is 6.20 Å². The van der Waals surface area contributed by atoms with Crippen LogP contribution in [0.1, 0.15) is 33.6 Å². The van der Waals surface area contributed by atoms with E-state index in [0.29, 0.717) is 32.5 Å². The van der Waals surface area contributed by atoms with Crippen molar-refractivity contribution in [1.29, 1.82) is 5.26 Å². The predicted octanol–water partition coefficient (Wildman–Crippen LogP) is 1.39. The number of carbonyl (C=O) groups is 1. The van der Waals surface area contributed by atoms with Gasteiger partial charge in [0.2, 0.25) is 0 Å². The summed E-state index contributed by atoms with van der Waals surface area (Å²) >= 11 is 0. The number of nitrogens with zero attached hydrogens (tertiary/aromatic N) is 2. The number of carbonyl (C=O) groups excluding carboxylic acids is 1. The van der Waals surface area contributed by atoms with Crippen LogP contribution in [0.5, 0.6) is 0 Å². The van der Waals surface area contributed by atoms with Gasteiger partial charge in [-0.3, -0.25) is 0 Å². The highest BCUT2D eigenvalue weighted by Gasteiger charge is 2.25. The Morgan fingerprint density at radius 1 is 1.45 bits per heavy atom. The van der Waals surface area contributed by atoms with Crippen LogP contribution in [0.15, 0.2) is 11.1 Å². The fourth-order valence-corrected chi connectivity index (χ4v) is 2.94. The molecule has 1 N–H and O–H groups in total. The Balaban J connectivity index is 2.59. The molecule has 22 heavy (non-hydrogen) atoms. The van der Waals surface area contributed by atoms with Gasteiger partial charge in [-0.2, -0.15) is 5.26 Å². The minimum atomic E-state index is -3.57. The minimum absolute atomic E-state index is 0.0383. The first kappa shape index (κ1) is 18.3. The lowest BCUT2D eigenvalue weighted by atomic mass is 10.1. The molecule has 1 rings (SSSR count). The van der Waals surface area contributed by atoms with Crippen molar-refractivity contribution in [1.82, 2.24) is 10.2 Å². The molecular formula is C14H23N3O4S. The van der Waals surface area contributed by atoms with Crippen LogP contribution in [0.3, 0.4) is 0 Å². The summed E-state index contributed by atoms with van der Waals surface area (Å²) in [6, 6.07) is 1.77. The Kier molecular flexibility index (Phi) is 6.68. The van der Waals surface area contributed by atoms with Crippen molar-refractivity contribution in [3.63, 3.8) is 0 Å². The molecule has 0 aliphatic carbocycles. The Morgan fingerprint density at radius 3 is 2.50 bits per heavy atom. The number of ether oxygens (including phenoxy) is 1. The molecule has 1 amide bonds. The van der Waals surface area contributed by atoms with E-state index in [1.807, 2.05) is 0 Å². The van der Waals surface area contributed by atoms with Crippen LogP contribution in [0, 0.1) is 11.3 Å². The summed E-state index contributed by atoms with van der Waals surface area (Å²) in [7, 11) is -3.57. The van der Waals surface area contributed by atoms with Crippen LogP contribution in [-0.4, -0.2) is 50.4 Å². The van der Waals surface area contributed by atoms with Crippen molar-refractivity contribution in [2.45, 2.75) is 44.9 Å². The molecule has 1 saturated heterocycles. The van der Waals surface area contributed by atoms with Crippen LogP contribution in [0.4, 0.5) is 4.79 Å². The van der Waals surface area contributed by atoms with Gasteiger partial charge in [-0.1, -0.05) is 0 Å². The summed E-state index contributed by atoms with van der Waals surface area (Å²) in [6.45, 7) is 6.27. The van der Waals surface area contributed by atoms with E-state index < -0.39 is 15.1 Å². The first-order chi connectivity index (χ1) is 10.3. The van der Waals surface area contributed by atoms with E-state index in [0.717, 1.165) is 0 Å². The van der Waals surface area contributed by atoms with Crippen molar-refractivity contribution in [2.24, 2.45) is 0 Å². The summed E-state index contributed by atoms with van der Waals surface area (Å²) in [4.78, 5) is 12.9. The Labute approximate surface area is 131 Å². The van der Waals surface area contributed by atoms with Crippen LogP contribution in [-0.2, 0) is 14.6 Å². The maximum absolute atomic E-state index is 11.9. The third-order valence-corrected chi connectivity index (χ3v) is 5.57. The number of amides is 1. The van der Waals surface area contributed by atoms with Crippen molar-refractivity contribution in [3.8, 4) is 6.07 Å². The van der Waals surface area contributed by atoms with Crippen molar-refractivity contribution >= 4 is 15.9 Å². The van der Waals surface area contributed by atoms with E-state index in [4.69, 9.17) is 10.00 Å². The van der Waals surface area contributed by atoms with Gasteiger partial charge in [-0.05, 0) is 33.6 Å². The largest absolute Gasteiger partial charge is 0.450 e. The van der Waals surface area contributed by atoms with Gasteiger partial charge in [-0.25, -0.2) is 13.2 Å². The molecule has 1 aliphatic heterocycles. The normalized spacial score (nSPS) is 17.2. The maximum Gasteiger partial charge on any atom is 0.409 e. The SMILES string of the molecule is CCOC(=O)N1CCC(NC=C(C#N)S(=O)(=O)C(C)C)CC1. The summed E-state index contributed by atoms with van der Waals surface area (Å²) in [5, 5.41) is 11.4. The third-order valence-electron chi connectivity index (χ3n) is 3.51. The zero-order chi connectivity index (χ0) is 16.8. The predicted molar refractivity (Wildman–Crippen MR) is 82.5 cm³/mol. The highest BCUT2D eigenvalue weighted by Crippen LogP contribution is 2.14. The second-order valence-corrected chi connectivity index (χ2v) is 7.81. The third kappa shape index (κ3) is 4.63. The average molecular weight is 329 g/mol. The van der Waals surface area contributed by atoms with Crippen LogP contribution in [0.25, 0.3) is 0 Å². The molecule has 0 spiro atoms. The highest BCUT2D eigenvalue weighted by molar-refractivity contribution is 7.96. The number of piperidine rings is 1. The Morgan fingerprint density at radius 2 is 2.05 bits per heavy atom. The lowest BCUT2D eigenvalue weighted by Crippen LogP contribution is -2.44. The number of likely N-dealkylation sites (tertiary alicyclic amines) is 1. The van der Waals surface area contributed by atoms with Crippen LogP contribution < -0.4 is 5.32 Å². The molecule has 8 heteroatoms. The standard InChI is InChI=1S/C14H23N3O4S/c1-4-21-14(18)17-7-5-12(6-8-17)16-10-13(9-15)22(19,20)11(2)3/h10-12,16H,4-8H2,1-3H3. The summed E-state index contributed by atoms with van der Waals surface area (Å²) in [5.74, 6) is 0. The first-order valence-electron chi connectivity index (χ1n) is 7.34. The maximum atomic E-state index is 11.9. The highest BCUT2D eigenvalue weighted by atomic mass is 32.2. The molecule has 0 aromatic carbocycles. The van der Waals surface area contributed by atoms with E-state index in [-0.39, 0.29) is 17.0 Å². The number of hydrogen-bond acceptors (Lipinski definition) is 6. The minimum Gasteiger partial charge on any atom is -0.450 e. The fourth-order valence-electron chi connectivity index (χ4n) is 2.07. The van der Waals surface area contributed by atoms with Gasteiger partial charge in [0.1, 0.15) is 6.07 Å². The molecule has 0 radical (unpaired) electrons. The van der Waals surface area contributed by atoms with E-state index >= 15 is 0 Å². The van der Waals surface area contributed by atoms with Crippen molar-refractivity contribution in [2.75, 3.05) is 19.7 Å². The monoisotopic (exact) mass is 329 g/mol. The molecule has 1 fully saturated rings. The quantitative estimate of drug-likeness (QED) is 0.765. The zero-order valence-corrected chi connectivity index (χ0v) is 14.0. The first-order valence-corrected chi connectivity index (χ1v) is 8.89. The number of nitriles is 1. The molecule has 0 aromatic rings. The molecule has 7 nitrogen and oxygen atoms in total. The molecular weight excluding hydrogens is 306 g/mol. The van der Waals surface area contributed by atoms with Gasteiger partial charge in [0.05, 0.1) is 11.9 Å². The van der Waals surface area contributed by atoms with Gasteiger partial charge in [0, 0.05) is 25.3 Å². The number of sulfone groups is 1. The van der Waals surface area contributed by atoms with Crippen LogP contribution in [0.2, 0.25) is 0 Å². The number of nitrogens with one attached hydrogen (secondary N) is 1. The Bertz CT molecular complexity index is 555. The molecule has 0 bridgehead atoms. The zero-order valence-electron chi connectivity index (χ0n) is 13.2. The molecule has 1 heterocycles. The summed E-state index contributed by atoms with van der Waals surface area (Å²) in [5.41, 5.74) is 0. The van der Waals surface area contributed by atoms with Crippen molar-refractivity contribution < 1.29 is 17.9 Å². The number of allylic oxidation sites excluding steroid dienone is 1. The molecule has 1 aliphatic rings. The molecule has 0 atom stereocenters. The Hall–Kier alpha value is -1.75. The smallest absolute Gasteiger partial charge is 0.409 e.